The van der Waals surface area contributed by atoms with Crippen molar-refractivity contribution in [2.24, 2.45) is 4.99 Å². The van der Waals surface area contributed by atoms with Crippen molar-refractivity contribution < 1.29 is 9.84 Å². The van der Waals surface area contributed by atoms with Crippen molar-refractivity contribution in [3.63, 3.8) is 0 Å². The number of aliphatic imine (C=N–C) groups is 1. The quantitative estimate of drug-likeness (QED) is 0.526. The normalized spacial score (nSPS) is 21.4. The van der Waals surface area contributed by atoms with E-state index in [4.69, 9.17) is 4.74 Å². The van der Waals surface area contributed by atoms with E-state index in [1.165, 1.54) is 0 Å². The van der Waals surface area contributed by atoms with Crippen LogP contribution in [0.25, 0.3) is 0 Å². The van der Waals surface area contributed by atoms with Gasteiger partial charge in [0.2, 0.25) is 5.88 Å². The molecule has 1 aliphatic carbocycles. The third-order valence-electron chi connectivity index (χ3n) is 4.08. The number of hydrogen-bond donors (Lipinski definition) is 3. The molecule has 0 spiro atoms. The summed E-state index contributed by atoms with van der Waals surface area (Å²) >= 11 is 0. The number of ether oxygens (including phenoxy) is 1. The van der Waals surface area contributed by atoms with E-state index in [1.807, 2.05) is 12.1 Å². The summed E-state index contributed by atoms with van der Waals surface area (Å²) in [7, 11) is 0. The lowest BCUT2D eigenvalue weighted by molar-refractivity contribution is 0.120. The van der Waals surface area contributed by atoms with Gasteiger partial charge in [0, 0.05) is 24.3 Å². The van der Waals surface area contributed by atoms with Crippen LogP contribution in [0, 0.1) is 0 Å². The molecule has 6 heteroatoms. The largest absolute Gasteiger partial charge is 0.477 e. The van der Waals surface area contributed by atoms with Gasteiger partial charge in [-0.3, -0.25) is 0 Å². The third-order valence-corrected chi connectivity index (χ3v) is 4.08. The van der Waals surface area contributed by atoms with Crippen molar-refractivity contribution in [1.29, 1.82) is 0 Å². The Morgan fingerprint density at radius 3 is 2.83 bits per heavy atom. The molecule has 0 bridgehead atoms. The van der Waals surface area contributed by atoms with Gasteiger partial charge in [0.1, 0.15) is 0 Å². The number of rotatable bonds is 7. The van der Waals surface area contributed by atoms with Gasteiger partial charge >= 0.3 is 0 Å². The van der Waals surface area contributed by atoms with Crippen LogP contribution in [0.15, 0.2) is 23.3 Å². The number of aliphatic hydroxyl groups excluding tert-OH is 1. The molecule has 0 atom stereocenters. The number of nitrogens with one attached hydrogen (secondary N) is 2. The summed E-state index contributed by atoms with van der Waals surface area (Å²) in [5.74, 6) is 1.48. The first-order valence-electron chi connectivity index (χ1n) is 9.02. The molecule has 1 aromatic heterocycles. The molecule has 1 aromatic rings. The molecule has 0 saturated heterocycles. The monoisotopic (exact) mass is 334 g/mol. The Kier molecular flexibility index (Phi) is 7.82. The Hall–Kier alpha value is -1.82. The first kappa shape index (κ1) is 18.5. The molecule has 24 heavy (non-hydrogen) atoms. The standard InChI is InChI=1S/C18H30N4O2/c1-3-12-24-17-14(6-5-11-20-17)13-21-18(19-4-2)22-15-7-9-16(23)10-8-15/h5-6,11,15-16,23H,3-4,7-10,12-13H2,1-2H3,(H2,19,21,22). The van der Waals surface area contributed by atoms with Crippen LogP contribution in [0.1, 0.15) is 51.5 Å². The highest BCUT2D eigenvalue weighted by Crippen LogP contribution is 2.18. The highest BCUT2D eigenvalue weighted by molar-refractivity contribution is 5.80. The zero-order valence-electron chi connectivity index (χ0n) is 14.8. The molecule has 0 aromatic carbocycles. The smallest absolute Gasteiger partial charge is 0.218 e. The fourth-order valence-corrected chi connectivity index (χ4v) is 2.77. The van der Waals surface area contributed by atoms with Crippen molar-refractivity contribution in [3.05, 3.63) is 23.9 Å². The van der Waals surface area contributed by atoms with Crippen molar-refractivity contribution in [2.75, 3.05) is 13.2 Å². The molecule has 134 valence electrons. The third kappa shape index (κ3) is 6.00. The second-order valence-electron chi connectivity index (χ2n) is 6.16. The van der Waals surface area contributed by atoms with Gasteiger partial charge in [0.25, 0.3) is 0 Å². The first-order valence-corrected chi connectivity index (χ1v) is 9.02. The average molecular weight is 334 g/mol. The van der Waals surface area contributed by atoms with Crippen LogP contribution in [0.2, 0.25) is 0 Å². The Morgan fingerprint density at radius 1 is 1.33 bits per heavy atom. The molecule has 1 heterocycles. The van der Waals surface area contributed by atoms with Gasteiger partial charge in [0.05, 0.1) is 19.3 Å². The minimum atomic E-state index is -0.142. The van der Waals surface area contributed by atoms with Gasteiger partial charge in [-0.25, -0.2) is 9.98 Å². The van der Waals surface area contributed by atoms with Gasteiger partial charge in [0.15, 0.2) is 5.96 Å². The zero-order valence-corrected chi connectivity index (χ0v) is 14.8. The van der Waals surface area contributed by atoms with E-state index in [0.717, 1.165) is 50.2 Å². The van der Waals surface area contributed by atoms with E-state index in [0.29, 0.717) is 25.1 Å². The zero-order chi connectivity index (χ0) is 17.2. The molecule has 1 fully saturated rings. The fraction of sp³-hybridized carbons (Fsp3) is 0.667. The molecule has 0 amide bonds. The minimum absolute atomic E-state index is 0.142. The summed E-state index contributed by atoms with van der Waals surface area (Å²) in [5, 5.41) is 16.4. The highest BCUT2D eigenvalue weighted by atomic mass is 16.5. The Labute approximate surface area is 144 Å². The van der Waals surface area contributed by atoms with Crippen LogP contribution in [0.3, 0.4) is 0 Å². The number of aromatic nitrogens is 1. The number of aliphatic hydroxyl groups is 1. The van der Waals surface area contributed by atoms with E-state index in [9.17, 15) is 5.11 Å². The van der Waals surface area contributed by atoms with Gasteiger partial charge in [-0.15, -0.1) is 0 Å². The predicted octanol–water partition coefficient (Wildman–Crippen LogP) is 2.23. The van der Waals surface area contributed by atoms with Crippen molar-refractivity contribution >= 4 is 5.96 Å². The van der Waals surface area contributed by atoms with Gasteiger partial charge in [-0.2, -0.15) is 0 Å². The van der Waals surface area contributed by atoms with Crippen molar-refractivity contribution in [3.8, 4) is 5.88 Å². The lowest BCUT2D eigenvalue weighted by Gasteiger charge is -2.27. The van der Waals surface area contributed by atoms with Crippen LogP contribution in [0.4, 0.5) is 0 Å². The van der Waals surface area contributed by atoms with E-state index >= 15 is 0 Å². The van der Waals surface area contributed by atoms with Crippen LogP contribution in [0.5, 0.6) is 5.88 Å². The van der Waals surface area contributed by atoms with Crippen LogP contribution < -0.4 is 15.4 Å². The summed E-state index contributed by atoms with van der Waals surface area (Å²) < 4.78 is 5.69. The molecule has 0 radical (unpaired) electrons. The van der Waals surface area contributed by atoms with Gasteiger partial charge < -0.3 is 20.5 Å². The van der Waals surface area contributed by atoms with Gasteiger partial charge in [-0.05, 0) is 45.1 Å². The summed E-state index contributed by atoms with van der Waals surface area (Å²) in [6.45, 7) is 6.14. The summed E-state index contributed by atoms with van der Waals surface area (Å²) in [4.78, 5) is 8.98. The lowest BCUT2D eigenvalue weighted by atomic mass is 9.93. The SMILES string of the molecule is CCCOc1ncccc1CN=C(NCC)NC1CCC(O)CC1. The second kappa shape index (κ2) is 10.1. The van der Waals surface area contributed by atoms with Crippen LogP contribution in [-0.2, 0) is 6.54 Å². The molecule has 1 saturated carbocycles. The minimum Gasteiger partial charge on any atom is -0.477 e. The predicted molar refractivity (Wildman–Crippen MR) is 96.2 cm³/mol. The van der Waals surface area contributed by atoms with E-state index < -0.39 is 0 Å². The Balaban J connectivity index is 1.97. The van der Waals surface area contributed by atoms with E-state index in [2.05, 4.69) is 34.5 Å². The van der Waals surface area contributed by atoms with E-state index in [1.54, 1.807) is 6.20 Å². The number of pyridine rings is 1. The maximum atomic E-state index is 9.62. The topological polar surface area (TPSA) is 78.8 Å². The van der Waals surface area contributed by atoms with E-state index in [-0.39, 0.29) is 6.10 Å². The maximum Gasteiger partial charge on any atom is 0.218 e. The maximum absolute atomic E-state index is 9.62. The molecular weight excluding hydrogens is 304 g/mol. The van der Waals surface area contributed by atoms with Crippen molar-refractivity contribution in [1.82, 2.24) is 15.6 Å². The summed E-state index contributed by atoms with van der Waals surface area (Å²) in [5.41, 5.74) is 0.988. The molecule has 0 aliphatic heterocycles. The highest BCUT2D eigenvalue weighted by Gasteiger charge is 2.20. The second-order valence-corrected chi connectivity index (χ2v) is 6.16. The summed E-state index contributed by atoms with van der Waals surface area (Å²) in [6, 6.07) is 4.28. The van der Waals surface area contributed by atoms with Gasteiger partial charge in [-0.1, -0.05) is 13.0 Å². The van der Waals surface area contributed by atoms with Crippen LogP contribution >= 0.6 is 0 Å². The fourth-order valence-electron chi connectivity index (χ4n) is 2.77. The Morgan fingerprint density at radius 2 is 2.12 bits per heavy atom. The molecule has 1 aliphatic rings. The lowest BCUT2D eigenvalue weighted by Crippen LogP contribution is -2.45. The Bertz CT molecular complexity index is 513. The molecule has 0 unspecified atom stereocenters. The summed E-state index contributed by atoms with van der Waals surface area (Å²) in [6.07, 6.45) is 6.22. The number of guanidine groups is 1. The number of hydrogen-bond acceptors (Lipinski definition) is 4. The van der Waals surface area contributed by atoms with Crippen molar-refractivity contribution in [2.45, 2.75) is 64.6 Å². The average Bonchev–Trinajstić information content (AvgIpc) is 2.60. The molecule has 3 N–H and O–H groups in total. The molecule has 2 rings (SSSR count). The molecule has 6 nitrogen and oxygen atoms in total. The number of nitrogens with zero attached hydrogens (tertiary/aromatic N) is 2. The molecular formula is C18H30N4O2. The first-order chi connectivity index (χ1) is 11.7. The van der Waals surface area contributed by atoms with Crippen LogP contribution in [-0.4, -0.2) is 41.3 Å².